The molecule has 0 spiro atoms. The van der Waals surface area contributed by atoms with Crippen LogP contribution in [-0.2, 0) is 41.3 Å². The zero-order valence-electron chi connectivity index (χ0n) is 21.3. The van der Waals surface area contributed by atoms with Gasteiger partial charge in [-0.1, -0.05) is 0 Å². The van der Waals surface area contributed by atoms with Gasteiger partial charge in [0.1, 0.15) is 0 Å². The SMILES string of the molecule is CP(O)(O)(OC[C@@H]1CC[C@H](C2CC(C#CCNC(=O)OCCCCO)C(=O)NC2=O)O1)OP(=O)(O)OP(=O)(O)O. The number of hydrogen-bond acceptors (Lipinski definition) is 13. The van der Waals surface area contributed by atoms with Crippen LogP contribution < -0.4 is 10.6 Å². The number of aliphatic hydroxyl groups is 1. The molecule has 2 aliphatic rings. The van der Waals surface area contributed by atoms with Crippen LogP contribution in [0.2, 0.25) is 0 Å². The van der Waals surface area contributed by atoms with Crippen LogP contribution in [0, 0.1) is 23.7 Å². The number of aliphatic hydroxyl groups excluding tert-OH is 1. The standard InChI is InChI=1S/C19H33N2O16P3/c1-40(31,32,37-39(29,30)36-38(26,27)28)34-12-14-6-7-16(35-14)15-11-13(17(23)21-18(15)24)5-4-8-20-19(25)33-10-3-2-9-22/h13-16,22,31-32H,2-3,6-12H2,1H3,(H,20,25)(H,29,30)(H,21,23,24)(H2,26,27,28)/t13?,14-,15?,16+/m0/s1. The molecule has 2 heterocycles. The molecule has 2 aliphatic heterocycles. The number of carbonyl (C=O) groups excluding carboxylic acids is 3. The number of piperidine rings is 1. The molecule has 18 nitrogen and oxygen atoms in total. The Morgan fingerprint density at radius 3 is 2.52 bits per heavy atom. The minimum atomic E-state index is -5.88. The van der Waals surface area contributed by atoms with Crippen molar-refractivity contribution in [2.24, 2.45) is 11.8 Å². The second-order valence-electron chi connectivity index (χ2n) is 9.04. The first-order valence-corrected chi connectivity index (χ1v) is 17.3. The summed E-state index contributed by atoms with van der Waals surface area (Å²) in [5.41, 5.74) is 0. The molecule has 8 N–H and O–H groups in total. The molecule has 2 saturated heterocycles. The molecule has 5 atom stereocenters. The van der Waals surface area contributed by atoms with Crippen LogP contribution in [0.5, 0.6) is 0 Å². The molecule has 2 fully saturated rings. The molecule has 0 aliphatic carbocycles. The van der Waals surface area contributed by atoms with Crippen molar-refractivity contribution in [2.45, 2.75) is 44.3 Å². The van der Waals surface area contributed by atoms with Gasteiger partial charge < -0.3 is 9.84 Å². The fourth-order valence-corrected chi connectivity index (χ4v) is 7.81. The number of unbranched alkanes of at least 4 members (excludes halogenated alkanes) is 1. The maximum atomic E-state index is 12.4. The second-order valence-corrected chi connectivity index (χ2v) is 15.0. The van der Waals surface area contributed by atoms with Crippen molar-refractivity contribution in [3.8, 4) is 11.8 Å². The number of nitrogens with one attached hydrogen (secondary N) is 2. The molecule has 230 valence electrons. The molecule has 2 rings (SSSR count). The Hall–Kier alpha value is -1.54. The fourth-order valence-electron chi connectivity index (χ4n) is 3.75. The van der Waals surface area contributed by atoms with Crippen molar-refractivity contribution in [1.82, 2.24) is 10.6 Å². The van der Waals surface area contributed by atoms with E-state index in [0.29, 0.717) is 25.9 Å². The van der Waals surface area contributed by atoms with Crippen LogP contribution in [0.25, 0.3) is 0 Å². The van der Waals surface area contributed by atoms with Crippen LogP contribution in [0.4, 0.5) is 4.79 Å². The number of hydrogen-bond donors (Lipinski definition) is 8. The molecule has 3 amide bonds. The van der Waals surface area contributed by atoms with Gasteiger partial charge in [0.25, 0.3) is 0 Å². The Bertz CT molecular complexity index is 1090. The van der Waals surface area contributed by atoms with Gasteiger partial charge in [-0.2, -0.15) is 0 Å². The van der Waals surface area contributed by atoms with Gasteiger partial charge in [-0.05, 0) is 12.8 Å². The van der Waals surface area contributed by atoms with Crippen molar-refractivity contribution in [3.05, 3.63) is 0 Å². The molecule has 21 heteroatoms. The fraction of sp³-hybridized carbons (Fsp3) is 0.737. The Kier molecular flexibility index (Phi) is 12.2. The predicted octanol–water partition coefficient (Wildman–Crippen LogP) is -0.614. The van der Waals surface area contributed by atoms with E-state index in [-0.39, 0.29) is 32.6 Å². The summed E-state index contributed by atoms with van der Waals surface area (Å²) in [5.74, 6) is 2.39. The van der Waals surface area contributed by atoms with Crippen LogP contribution >= 0.6 is 23.2 Å². The van der Waals surface area contributed by atoms with E-state index in [9.17, 15) is 38.2 Å². The summed E-state index contributed by atoms with van der Waals surface area (Å²) in [7, 11) is -17.1. The van der Waals surface area contributed by atoms with Gasteiger partial charge in [0, 0.05) is 6.61 Å². The molecular formula is C19H33N2O16P3. The van der Waals surface area contributed by atoms with Crippen molar-refractivity contribution >= 4 is 41.1 Å². The van der Waals surface area contributed by atoms with E-state index >= 15 is 0 Å². The van der Waals surface area contributed by atoms with E-state index < -0.39 is 71.7 Å². The molecule has 0 aromatic carbocycles. The summed E-state index contributed by atoms with van der Waals surface area (Å²) in [6.45, 7) is -0.112. The molecule has 0 aromatic rings. The Labute approximate surface area is 228 Å². The number of phosphoric acid groups is 2. The minimum absolute atomic E-state index is 0.00525. The van der Waals surface area contributed by atoms with E-state index in [2.05, 4.69) is 31.1 Å². The molecule has 0 aromatic heterocycles. The average molecular weight is 638 g/mol. The van der Waals surface area contributed by atoms with E-state index in [1.807, 2.05) is 0 Å². The molecule has 0 saturated carbocycles. The van der Waals surface area contributed by atoms with Gasteiger partial charge in [-0.15, -0.1) is 0 Å². The van der Waals surface area contributed by atoms with Crippen LogP contribution in [-0.4, -0.2) is 92.7 Å². The zero-order valence-corrected chi connectivity index (χ0v) is 24.0. The molecule has 40 heavy (non-hydrogen) atoms. The van der Waals surface area contributed by atoms with E-state index in [1.54, 1.807) is 0 Å². The number of ether oxygens (including phenoxy) is 2. The van der Waals surface area contributed by atoms with Gasteiger partial charge >= 0.3 is 188 Å². The van der Waals surface area contributed by atoms with E-state index in [4.69, 9.17) is 28.9 Å². The topological polar surface area (TPSA) is 277 Å². The van der Waals surface area contributed by atoms with Crippen molar-refractivity contribution in [1.29, 1.82) is 0 Å². The first kappa shape index (κ1) is 34.7. The normalized spacial score (nSPS) is 26.0. The van der Waals surface area contributed by atoms with Gasteiger partial charge in [0.05, 0.1) is 6.61 Å². The molecule has 0 radical (unpaired) electrons. The van der Waals surface area contributed by atoms with E-state index in [0.717, 1.165) is 0 Å². The molecule has 3 unspecified atom stereocenters. The third kappa shape index (κ3) is 12.5. The van der Waals surface area contributed by atoms with Gasteiger partial charge in [0.15, 0.2) is 0 Å². The monoisotopic (exact) mass is 638 g/mol. The Balaban J connectivity index is 1.88. The first-order chi connectivity index (χ1) is 18.4. The van der Waals surface area contributed by atoms with Crippen molar-refractivity contribution in [3.63, 3.8) is 0 Å². The molecule has 0 bridgehead atoms. The Morgan fingerprint density at radius 1 is 1.18 bits per heavy atom. The van der Waals surface area contributed by atoms with E-state index in [1.165, 1.54) is 0 Å². The quantitative estimate of drug-likeness (QED) is 0.0540. The average Bonchev–Trinajstić information content (AvgIpc) is 3.25. The number of carbonyl (C=O) groups is 3. The summed E-state index contributed by atoms with van der Waals surface area (Å²) in [5, 5.41) is 13.3. The number of imide groups is 1. The van der Waals surface area contributed by atoms with Crippen LogP contribution in [0.3, 0.4) is 0 Å². The van der Waals surface area contributed by atoms with Crippen molar-refractivity contribution < 1.29 is 75.7 Å². The van der Waals surface area contributed by atoms with Gasteiger partial charge in [-0.25, -0.2) is 4.79 Å². The number of alkyl carbamates (subject to hydrolysis) is 1. The Morgan fingerprint density at radius 2 is 1.88 bits per heavy atom. The van der Waals surface area contributed by atoms with Crippen molar-refractivity contribution in [2.75, 3.05) is 33.0 Å². The third-order valence-electron chi connectivity index (χ3n) is 5.42. The maximum absolute atomic E-state index is 12.4. The summed E-state index contributed by atoms with van der Waals surface area (Å²) in [4.78, 5) is 83.2. The van der Waals surface area contributed by atoms with Gasteiger partial charge in [0.2, 0.25) is 0 Å². The number of rotatable bonds is 13. The summed E-state index contributed by atoms with van der Waals surface area (Å²) < 4.78 is 45.6. The summed E-state index contributed by atoms with van der Waals surface area (Å²) in [6, 6.07) is 0. The third-order valence-corrected chi connectivity index (χ3v) is 10.2. The molecular weight excluding hydrogens is 605 g/mol. The van der Waals surface area contributed by atoms with Gasteiger partial charge in [-0.3, -0.25) is 0 Å². The predicted molar refractivity (Wildman–Crippen MR) is 133 cm³/mol. The second kappa shape index (κ2) is 14.1. The number of amides is 3. The first-order valence-electron chi connectivity index (χ1n) is 11.9. The summed E-state index contributed by atoms with van der Waals surface area (Å²) in [6.07, 6.45) is -0.756. The zero-order chi connectivity index (χ0) is 30.2. The van der Waals surface area contributed by atoms with Crippen LogP contribution in [0.15, 0.2) is 0 Å². The summed E-state index contributed by atoms with van der Waals surface area (Å²) >= 11 is 0. The van der Waals surface area contributed by atoms with Crippen LogP contribution in [0.1, 0.15) is 32.1 Å².